The van der Waals surface area contributed by atoms with E-state index in [1.165, 1.54) is 25.7 Å². The van der Waals surface area contributed by atoms with Gasteiger partial charge in [0.2, 0.25) is 0 Å². The van der Waals surface area contributed by atoms with Gasteiger partial charge in [-0.3, -0.25) is 14.2 Å². The summed E-state index contributed by atoms with van der Waals surface area (Å²) in [4.78, 5) is 37.2. The first-order valence-corrected chi connectivity index (χ1v) is 19.5. The number of hydrogen-bond acceptors (Lipinski definition) is 8. The third-order valence-corrected chi connectivity index (χ3v) is 8.41. The number of carbonyl (C=O) groups excluding carboxylic acids is 2. The molecule has 0 aliphatic rings. The van der Waals surface area contributed by atoms with Crippen LogP contribution in [0.15, 0.2) is 24.3 Å². The average molecular weight is 674 g/mol. The Morgan fingerprint density at radius 1 is 0.652 bits per heavy atom. The highest BCUT2D eigenvalue weighted by atomic mass is 31.2. The number of likely N-dealkylation sites (N-methyl/N-ethyl adjacent to an activating group) is 1. The number of carbonyl (C=O) groups is 2. The molecule has 0 fully saturated rings. The number of allylic oxidation sites excluding steroid dienone is 4. The number of phosphoric acid groups is 1. The molecule has 270 valence electrons. The summed E-state index contributed by atoms with van der Waals surface area (Å²) in [5, 5.41) is 0. The topological polar surface area (TPSA) is 111 Å². The Bertz CT molecular complexity index is 855. The van der Waals surface area contributed by atoms with Gasteiger partial charge in [-0.1, -0.05) is 102 Å². The Morgan fingerprint density at radius 3 is 1.61 bits per heavy atom. The van der Waals surface area contributed by atoms with Gasteiger partial charge >= 0.3 is 11.9 Å². The van der Waals surface area contributed by atoms with Crippen LogP contribution >= 0.6 is 7.82 Å². The molecule has 0 aliphatic carbocycles. The van der Waals surface area contributed by atoms with Crippen LogP contribution in [0.1, 0.15) is 142 Å². The van der Waals surface area contributed by atoms with Crippen LogP contribution in [0.25, 0.3) is 0 Å². The van der Waals surface area contributed by atoms with Gasteiger partial charge in [-0.25, -0.2) is 0 Å². The molecule has 0 bridgehead atoms. The van der Waals surface area contributed by atoms with Gasteiger partial charge in [0.25, 0.3) is 7.82 Å². The minimum atomic E-state index is -4.61. The number of rotatable bonds is 32. The van der Waals surface area contributed by atoms with Crippen LogP contribution < -0.4 is 4.89 Å². The zero-order valence-corrected chi connectivity index (χ0v) is 30.9. The zero-order chi connectivity index (χ0) is 34.4. The molecule has 2 unspecified atom stereocenters. The lowest BCUT2D eigenvalue weighted by Gasteiger charge is -2.28. The van der Waals surface area contributed by atoms with E-state index in [0.29, 0.717) is 17.4 Å². The van der Waals surface area contributed by atoms with Gasteiger partial charge in [-0.05, 0) is 51.4 Å². The van der Waals surface area contributed by atoms with Crippen LogP contribution in [0.3, 0.4) is 0 Å². The molecule has 46 heavy (non-hydrogen) atoms. The molecular formula is C36H68NO8P. The molecule has 0 radical (unpaired) electrons. The highest BCUT2D eigenvalue weighted by Gasteiger charge is 2.21. The molecule has 0 aromatic heterocycles. The molecule has 2 atom stereocenters. The third-order valence-electron chi connectivity index (χ3n) is 7.44. The van der Waals surface area contributed by atoms with E-state index in [-0.39, 0.29) is 26.1 Å². The number of nitrogens with zero attached hydrogens (tertiary/aromatic N) is 1. The molecular weight excluding hydrogens is 605 g/mol. The molecule has 0 heterocycles. The van der Waals surface area contributed by atoms with Gasteiger partial charge < -0.3 is 27.9 Å². The van der Waals surface area contributed by atoms with Crippen molar-refractivity contribution in [1.82, 2.24) is 0 Å². The number of phosphoric ester groups is 1. The molecule has 0 spiro atoms. The van der Waals surface area contributed by atoms with Crippen molar-refractivity contribution in [3.8, 4) is 0 Å². The summed E-state index contributed by atoms with van der Waals surface area (Å²) in [6.45, 7) is 4.10. The summed E-state index contributed by atoms with van der Waals surface area (Å²) in [6, 6.07) is 0. The molecule has 0 saturated heterocycles. The van der Waals surface area contributed by atoms with Crippen LogP contribution in [0.2, 0.25) is 0 Å². The maximum absolute atomic E-state index is 12.5. The lowest BCUT2D eigenvalue weighted by atomic mass is 10.1. The highest BCUT2D eigenvalue weighted by Crippen LogP contribution is 2.38. The fourth-order valence-electron chi connectivity index (χ4n) is 4.50. The van der Waals surface area contributed by atoms with Crippen molar-refractivity contribution < 1.29 is 42.1 Å². The van der Waals surface area contributed by atoms with Crippen LogP contribution in [0.4, 0.5) is 0 Å². The molecule has 0 aliphatic heterocycles. The SMILES string of the molecule is CCCC/C=C\CCCCCCCC(=O)OCC(COP(=O)([O-])OCC[N+](C)(C)C)OC(=O)CCCCCCC/C=C\CCCC. The Morgan fingerprint density at radius 2 is 1.11 bits per heavy atom. The van der Waals surface area contributed by atoms with Gasteiger partial charge in [-0.15, -0.1) is 0 Å². The average Bonchev–Trinajstić information content (AvgIpc) is 2.99. The van der Waals surface area contributed by atoms with Crippen molar-refractivity contribution in [1.29, 1.82) is 0 Å². The van der Waals surface area contributed by atoms with Crippen molar-refractivity contribution in [2.45, 2.75) is 148 Å². The summed E-state index contributed by atoms with van der Waals surface area (Å²) >= 11 is 0. The van der Waals surface area contributed by atoms with Crippen LogP contribution in [-0.4, -0.2) is 70.0 Å². The first-order chi connectivity index (χ1) is 22.0. The van der Waals surface area contributed by atoms with Crippen LogP contribution in [0.5, 0.6) is 0 Å². The number of unbranched alkanes of at least 4 members (excludes halogenated alkanes) is 14. The summed E-state index contributed by atoms with van der Waals surface area (Å²) in [5.41, 5.74) is 0. The van der Waals surface area contributed by atoms with Crippen molar-refractivity contribution in [2.24, 2.45) is 0 Å². The fourth-order valence-corrected chi connectivity index (χ4v) is 5.22. The van der Waals surface area contributed by atoms with Gasteiger partial charge in [0, 0.05) is 12.8 Å². The Hall–Kier alpha value is -1.51. The standard InChI is InChI=1S/C36H68NO8P/c1-6-8-10-12-14-16-18-20-22-24-26-28-35(38)42-32-34(33-44-46(40,41)43-31-30-37(3,4)5)45-36(39)29-27-25-23-21-19-17-15-13-11-9-7-2/h12-15,34H,6-11,16-33H2,1-5H3/b14-12-,15-13-. The number of esters is 2. The normalized spacial score (nSPS) is 14.1. The summed E-state index contributed by atoms with van der Waals surface area (Å²) in [6.07, 6.45) is 27.8. The summed E-state index contributed by atoms with van der Waals surface area (Å²) in [7, 11) is 1.15. The van der Waals surface area contributed by atoms with Crippen molar-refractivity contribution in [2.75, 3.05) is 47.5 Å². The maximum atomic E-state index is 12.5. The molecule has 0 aromatic rings. The number of hydrogen-bond donors (Lipinski definition) is 0. The monoisotopic (exact) mass is 673 g/mol. The second-order valence-corrected chi connectivity index (χ2v) is 14.6. The number of ether oxygens (including phenoxy) is 2. The predicted octanol–water partition coefficient (Wildman–Crippen LogP) is 8.60. The molecule has 0 N–H and O–H groups in total. The van der Waals surface area contributed by atoms with Gasteiger partial charge in [0.1, 0.15) is 19.8 Å². The van der Waals surface area contributed by atoms with Gasteiger partial charge in [0.15, 0.2) is 6.10 Å². The Kier molecular flexibility index (Phi) is 28.6. The smallest absolute Gasteiger partial charge is 0.306 e. The van der Waals surface area contributed by atoms with E-state index in [9.17, 15) is 19.0 Å². The largest absolute Gasteiger partial charge is 0.756 e. The van der Waals surface area contributed by atoms with Crippen molar-refractivity contribution in [3.63, 3.8) is 0 Å². The molecule has 0 rings (SSSR count). The summed E-state index contributed by atoms with van der Waals surface area (Å²) < 4.78 is 33.6. The minimum absolute atomic E-state index is 0.0332. The van der Waals surface area contributed by atoms with E-state index in [1.807, 2.05) is 21.1 Å². The lowest BCUT2D eigenvalue weighted by Crippen LogP contribution is -2.37. The molecule has 9 nitrogen and oxygen atoms in total. The Labute approximate surface area is 281 Å². The third kappa shape index (κ3) is 32.4. The fraction of sp³-hybridized carbons (Fsp3) is 0.833. The van der Waals surface area contributed by atoms with Gasteiger partial charge in [0.05, 0.1) is 27.7 Å². The zero-order valence-electron chi connectivity index (χ0n) is 30.0. The first-order valence-electron chi connectivity index (χ1n) is 18.0. The molecule has 0 amide bonds. The second-order valence-electron chi connectivity index (χ2n) is 13.2. The molecule has 10 heteroatoms. The van der Waals surface area contributed by atoms with Crippen LogP contribution in [0, 0.1) is 0 Å². The first kappa shape index (κ1) is 44.5. The van der Waals surface area contributed by atoms with Crippen LogP contribution in [-0.2, 0) is 32.7 Å². The summed E-state index contributed by atoms with van der Waals surface area (Å²) in [5.74, 6) is -0.861. The van der Waals surface area contributed by atoms with Crippen molar-refractivity contribution in [3.05, 3.63) is 24.3 Å². The van der Waals surface area contributed by atoms with Crippen molar-refractivity contribution >= 4 is 19.8 Å². The molecule has 0 aromatic carbocycles. The number of quaternary nitrogens is 1. The second kappa shape index (κ2) is 29.6. The Balaban J connectivity index is 4.50. The quantitative estimate of drug-likeness (QED) is 0.0230. The lowest BCUT2D eigenvalue weighted by molar-refractivity contribution is -0.870. The van der Waals surface area contributed by atoms with E-state index >= 15 is 0 Å². The van der Waals surface area contributed by atoms with E-state index in [0.717, 1.165) is 83.5 Å². The van der Waals surface area contributed by atoms with E-state index < -0.39 is 32.5 Å². The van der Waals surface area contributed by atoms with E-state index in [1.54, 1.807) is 0 Å². The molecule has 0 saturated carbocycles. The maximum Gasteiger partial charge on any atom is 0.306 e. The highest BCUT2D eigenvalue weighted by molar-refractivity contribution is 7.45. The minimum Gasteiger partial charge on any atom is -0.756 e. The van der Waals surface area contributed by atoms with E-state index in [4.69, 9.17) is 18.5 Å². The van der Waals surface area contributed by atoms with E-state index in [2.05, 4.69) is 38.2 Å². The predicted molar refractivity (Wildman–Crippen MR) is 185 cm³/mol. The van der Waals surface area contributed by atoms with Gasteiger partial charge in [-0.2, -0.15) is 0 Å².